The summed E-state index contributed by atoms with van der Waals surface area (Å²) in [5.74, 6) is -4.74. The molecule has 0 heterocycles. The van der Waals surface area contributed by atoms with Crippen LogP contribution in [0.4, 0.5) is 0 Å². The molecule has 0 amide bonds. The van der Waals surface area contributed by atoms with Crippen LogP contribution in [-0.4, -0.2) is 23.9 Å². The van der Waals surface area contributed by atoms with E-state index in [-0.39, 0.29) is 56.4 Å². The van der Waals surface area contributed by atoms with Gasteiger partial charge in [0, 0.05) is 0 Å². The average Bonchev–Trinajstić information content (AvgIpc) is 2.40. The molecule has 0 saturated carbocycles. The van der Waals surface area contributed by atoms with Crippen molar-refractivity contribution >= 4 is 23.9 Å². The molecule has 0 atom stereocenters. The van der Waals surface area contributed by atoms with Crippen LogP contribution >= 0.6 is 0 Å². The summed E-state index contributed by atoms with van der Waals surface area (Å²) in [6.45, 7) is 17.9. The fraction of sp³-hybridized carbons (Fsp3) is 0.250. The molecule has 0 aliphatic carbocycles. The molecule has 0 aromatic carbocycles. The SMILES string of the molecule is C=C(C)C(=O)[O-].C=C(C)C(=O)[O-].C=C(C)C(=O)[O-].C=C(C)C(=O)[O-].[Cu+2].[Fe+2]. The smallest absolute Gasteiger partial charge is 0.545 e. The maximum Gasteiger partial charge on any atom is 2.00 e. The van der Waals surface area contributed by atoms with Crippen molar-refractivity contribution in [3.8, 4) is 0 Å². The van der Waals surface area contributed by atoms with Crippen LogP contribution < -0.4 is 20.4 Å². The summed E-state index contributed by atoms with van der Waals surface area (Å²) >= 11 is 0. The second-order valence-corrected chi connectivity index (χ2v) is 4.27. The molecule has 1 radical (unpaired) electrons. The average molecular weight is 460 g/mol. The van der Waals surface area contributed by atoms with Crippen LogP contribution in [0.5, 0.6) is 0 Å². The number of carbonyl (C=O) groups excluding carboxylic acids is 4. The van der Waals surface area contributed by atoms with Gasteiger partial charge >= 0.3 is 34.1 Å². The third-order valence-corrected chi connectivity index (χ3v) is 1.39. The van der Waals surface area contributed by atoms with Crippen LogP contribution in [0.1, 0.15) is 27.7 Å². The molecule has 0 aliphatic rings. The van der Waals surface area contributed by atoms with Crippen LogP contribution in [0.2, 0.25) is 0 Å². The van der Waals surface area contributed by atoms with Crippen molar-refractivity contribution in [3.05, 3.63) is 48.6 Å². The van der Waals surface area contributed by atoms with Crippen molar-refractivity contribution in [3.63, 3.8) is 0 Å². The van der Waals surface area contributed by atoms with Crippen molar-refractivity contribution in [2.45, 2.75) is 27.7 Å². The third-order valence-electron chi connectivity index (χ3n) is 1.39. The van der Waals surface area contributed by atoms with E-state index in [1.165, 1.54) is 27.7 Å². The first-order valence-corrected chi connectivity index (χ1v) is 6.05. The number of carboxylic acid groups (broad SMARTS) is 4. The van der Waals surface area contributed by atoms with E-state index < -0.39 is 23.9 Å². The standard InChI is InChI=1S/4C4H6O2.Cu.Fe/c4*1-3(2)4(5)6;;/h4*1H2,2H3,(H,5,6);;/q;;;;2*+2/p-4. The monoisotopic (exact) mass is 459 g/mol. The van der Waals surface area contributed by atoms with Gasteiger partial charge in [0.05, 0.1) is 23.9 Å². The number of aliphatic carboxylic acids is 4. The number of hydrogen-bond acceptors (Lipinski definition) is 8. The van der Waals surface area contributed by atoms with Crippen LogP contribution in [0.15, 0.2) is 48.6 Å². The molecule has 0 bridgehead atoms. The summed E-state index contributed by atoms with van der Waals surface area (Å²) in [5, 5.41) is 38.0. The fourth-order valence-electron chi connectivity index (χ4n) is 0. The molecule has 0 fully saturated rings. The largest absolute Gasteiger partial charge is 2.00 e. The van der Waals surface area contributed by atoms with E-state index in [0.717, 1.165) is 0 Å². The van der Waals surface area contributed by atoms with Gasteiger partial charge in [-0.25, -0.2) is 0 Å². The van der Waals surface area contributed by atoms with E-state index in [1.54, 1.807) is 0 Å². The van der Waals surface area contributed by atoms with Crippen molar-refractivity contribution in [1.29, 1.82) is 0 Å². The third kappa shape index (κ3) is 49.5. The van der Waals surface area contributed by atoms with Gasteiger partial charge in [-0.15, -0.1) is 0 Å². The minimum absolute atomic E-state index is 0. The van der Waals surface area contributed by atoms with Gasteiger partial charge in [-0.1, -0.05) is 26.3 Å². The van der Waals surface area contributed by atoms with E-state index in [9.17, 15) is 39.6 Å². The Morgan fingerprint density at radius 2 is 0.538 bits per heavy atom. The van der Waals surface area contributed by atoms with Crippen molar-refractivity contribution in [1.82, 2.24) is 0 Å². The Bertz CT molecular complexity index is 394. The second kappa shape index (κ2) is 22.9. The van der Waals surface area contributed by atoms with Gasteiger partial charge in [-0.2, -0.15) is 0 Å². The normalized spacial score (nSPS) is 6.92. The predicted molar refractivity (Wildman–Crippen MR) is 79.3 cm³/mol. The zero-order chi connectivity index (χ0) is 20.6. The Morgan fingerprint density at radius 3 is 0.538 bits per heavy atom. The van der Waals surface area contributed by atoms with Crippen LogP contribution in [-0.2, 0) is 53.3 Å². The fourth-order valence-corrected chi connectivity index (χ4v) is 0. The first kappa shape index (κ1) is 39.1. The van der Waals surface area contributed by atoms with Crippen LogP contribution in [0.3, 0.4) is 0 Å². The number of rotatable bonds is 4. The number of carboxylic acids is 4. The number of carbonyl (C=O) groups is 4. The summed E-state index contributed by atoms with van der Waals surface area (Å²) in [5.41, 5.74) is 0.259. The molecule has 0 aromatic rings. The summed E-state index contributed by atoms with van der Waals surface area (Å²) in [7, 11) is 0. The van der Waals surface area contributed by atoms with E-state index in [2.05, 4.69) is 26.3 Å². The minimum Gasteiger partial charge on any atom is -0.545 e. The van der Waals surface area contributed by atoms with E-state index in [0.29, 0.717) is 0 Å². The molecular weight excluding hydrogens is 440 g/mol. The zero-order valence-electron chi connectivity index (χ0n) is 14.7. The Morgan fingerprint density at radius 1 is 0.500 bits per heavy atom. The Kier molecular flexibility index (Phi) is 34.4. The molecule has 10 heteroatoms. The Hall–Kier alpha value is -2.12. The first-order chi connectivity index (χ1) is 10.6. The van der Waals surface area contributed by atoms with Crippen molar-refractivity contribution < 1.29 is 73.7 Å². The molecule has 0 N–H and O–H groups in total. The summed E-state index contributed by atoms with van der Waals surface area (Å²) in [6.07, 6.45) is 0. The summed E-state index contributed by atoms with van der Waals surface area (Å²) < 4.78 is 0. The van der Waals surface area contributed by atoms with Gasteiger partial charge in [0.1, 0.15) is 0 Å². The van der Waals surface area contributed by atoms with Gasteiger partial charge in [0.2, 0.25) is 0 Å². The second-order valence-electron chi connectivity index (χ2n) is 4.27. The maximum atomic E-state index is 9.49. The maximum absolute atomic E-state index is 9.49. The van der Waals surface area contributed by atoms with E-state index in [1.807, 2.05) is 0 Å². The molecule has 26 heavy (non-hydrogen) atoms. The van der Waals surface area contributed by atoms with Gasteiger partial charge in [0.25, 0.3) is 0 Å². The molecule has 0 spiro atoms. The molecule has 151 valence electrons. The van der Waals surface area contributed by atoms with Gasteiger partial charge in [0.15, 0.2) is 0 Å². The first-order valence-electron chi connectivity index (χ1n) is 6.05. The quantitative estimate of drug-likeness (QED) is 0.323. The van der Waals surface area contributed by atoms with Crippen molar-refractivity contribution in [2.24, 2.45) is 0 Å². The van der Waals surface area contributed by atoms with Crippen LogP contribution in [0, 0.1) is 0 Å². The summed E-state index contributed by atoms with van der Waals surface area (Å²) in [6, 6.07) is 0. The molecule has 0 aliphatic heterocycles. The molecule has 8 nitrogen and oxygen atoms in total. The van der Waals surface area contributed by atoms with Gasteiger partial charge in [-0.05, 0) is 50.0 Å². The van der Waals surface area contributed by atoms with Crippen LogP contribution in [0.25, 0.3) is 0 Å². The minimum atomic E-state index is -1.19. The topological polar surface area (TPSA) is 161 Å². The Labute approximate surface area is 173 Å². The van der Waals surface area contributed by atoms with E-state index >= 15 is 0 Å². The van der Waals surface area contributed by atoms with E-state index in [4.69, 9.17) is 0 Å². The predicted octanol–water partition coefficient (Wildman–Crippen LogP) is -2.76. The zero-order valence-corrected chi connectivity index (χ0v) is 16.8. The van der Waals surface area contributed by atoms with Gasteiger partial charge < -0.3 is 39.6 Å². The molecule has 0 saturated heterocycles. The molecular formula is C16H20CuFeO8. The number of hydrogen-bond donors (Lipinski definition) is 0. The van der Waals surface area contributed by atoms with Crippen molar-refractivity contribution in [2.75, 3.05) is 0 Å². The molecule has 0 rings (SSSR count). The summed E-state index contributed by atoms with van der Waals surface area (Å²) in [4.78, 5) is 38.0. The molecule has 0 aromatic heterocycles. The molecule has 0 unspecified atom stereocenters. The van der Waals surface area contributed by atoms with Gasteiger partial charge in [-0.3, -0.25) is 0 Å². The Balaban J connectivity index is -0.0000000500.